The topological polar surface area (TPSA) is 121 Å². The minimum atomic E-state index is -3.87. The van der Waals surface area contributed by atoms with Gasteiger partial charge in [-0.3, -0.25) is 10.1 Å². The maximum Gasteiger partial charge on any atom is 0.272 e. The van der Waals surface area contributed by atoms with Crippen molar-refractivity contribution in [2.75, 3.05) is 7.11 Å². The number of nitrogens with one attached hydrogen (secondary N) is 1. The third-order valence-corrected chi connectivity index (χ3v) is 6.25. The maximum absolute atomic E-state index is 12.7. The fourth-order valence-corrected chi connectivity index (χ4v) is 4.50. The zero-order chi connectivity index (χ0) is 20.5. The predicted octanol–water partition coefficient (Wildman–Crippen LogP) is 3.93. The zero-order valence-corrected chi connectivity index (χ0v) is 16.8. The van der Waals surface area contributed by atoms with Crippen LogP contribution in [0.4, 0.5) is 5.69 Å². The molecule has 0 bridgehead atoms. The van der Waals surface area contributed by atoms with Crippen LogP contribution < -0.4 is 14.2 Å². The van der Waals surface area contributed by atoms with Crippen LogP contribution in [0.2, 0.25) is 10.0 Å². The number of nitrogens with zero attached hydrogens (tertiary/aromatic N) is 2. The van der Waals surface area contributed by atoms with E-state index in [0.717, 1.165) is 31.4 Å². The number of hydrogen-bond acceptors (Lipinski definition) is 7. The molecule has 1 heterocycles. The first-order valence-corrected chi connectivity index (χ1v) is 10.3. The van der Waals surface area contributed by atoms with Gasteiger partial charge in [0.1, 0.15) is 4.90 Å². The van der Waals surface area contributed by atoms with Gasteiger partial charge in [0.2, 0.25) is 15.9 Å². The number of ether oxygens (including phenoxy) is 2. The molecule has 0 atom stereocenters. The summed E-state index contributed by atoms with van der Waals surface area (Å²) in [6.45, 7) is 0. The van der Waals surface area contributed by atoms with Crippen molar-refractivity contribution in [2.24, 2.45) is 0 Å². The number of methoxy groups -OCH3 is 1. The highest BCUT2D eigenvalue weighted by Crippen LogP contribution is 2.40. The Bertz CT molecular complexity index is 1000. The molecule has 0 unspecified atom stereocenters. The summed E-state index contributed by atoms with van der Waals surface area (Å²) in [6, 6.07) is 3.20. The van der Waals surface area contributed by atoms with Crippen LogP contribution in [0.25, 0.3) is 0 Å². The van der Waals surface area contributed by atoms with Gasteiger partial charge in [-0.05, 0) is 12.8 Å². The highest BCUT2D eigenvalue weighted by Gasteiger charge is 2.28. The fourth-order valence-electron chi connectivity index (χ4n) is 2.49. The van der Waals surface area contributed by atoms with E-state index in [1.54, 1.807) is 0 Å². The van der Waals surface area contributed by atoms with Crippen LogP contribution in [0, 0.1) is 10.1 Å². The second-order valence-electron chi connectivity index (χ2n) is 6.02. The van der Waals surface area contributed by atoms with Crippen LogP contribution in [0.3, 0.4) is 0 Å². The van der Waals surface area contributed by atoms with E-state index in [1.165, 1.54) is 19.4 Å². The van der Waals surface area contributed by atoms with E-state index in [-0.39, 0.29) is 44.0 Å². The summed E-state index contributed by atoms with van der Waals surface area (Å²) in [5.41, 5.74) is -0.307. The average molecular weight is 448 g/mol. The lowest BCUT2D eigenvalue weighted by atomic mass is 9.94. The molecule has 1 fully saturated rings. The monoisotopic (exact) mass is 447 g/mol. The first-order valence-electron chi connectivity index (χ1n) is 8.09. The Hall–Kier alpha value is -2.14. The standard InChI is InChI=1S/C16H15Cl2N3O6S/c1-26-13-8-19-15(7-14(13)28(24,25)20-9-3-2-4-9)27-16-11(17)5-10(21(22)23)6-12(16)18/h5-9,20H,2-4H2,1H3. The van der Waals surface area contributed by atoms with Crippen molar-refractivity contribution in [3.05, 3.63) is 44.6 Å². The molecule has 0 aliphatic heterocycles. The fraction of sp³-hybridized carbons (Fsp3) is 0.312. The van der Waals surface area contributed by atoms with Gasteiger partial charge in [0, 0.05) is 24.2 Å². The maximum atomic E-state index is 12.7. The molecule has 0 saturated heterocycles. The Morgan fingerprint density at radius 3 is 2.39 bits per heavy atom. The lowest BCUT2D eigenvalue weighted by molar-refractivity contribution is -0.384. The van der Waals surface area contributed by atoms with Crippen molar-refractivity contribution < 1.29 is 22.8 Å². The Balaban J connectivity index is 1.95. The SMILES string of the molecule is COc1cnc(Oc2c(Cl)cc([N+](=O)[O-])cc2Cl)cc1S(=O)(=O)NC1CCC1. The number of nitro benzene ring substituents is 1. The van der Waals surface area contributed by atoms with Gasteiger partial charge in [-0.1, -0.05) is 29.6 Å². The van der Waals surface area contributed by atoms with E-state index in [1.807, 2.05) is 0 Å². The van der Waals surface area contributed by atoms with E-state index in [9.17, 15) is 18.5 Å². The van der Waals surface area contributed by atoms with Crippen molar-refractivity contribution in [1.82, 2.24) is 9.71 Å². The smallest absolute Gasteiger partial charge is 0.272 e. The number of non-ortho nitro benzene ring substituents is 1. The first kappa shape index (κ1) is 20.6. The molecule has 1 aromatic heterocycles. The first-order chi connectivity index (χ1) is 13.2. The highest BCUT2D eigenvalue weighted by atomic mass is 35.5. The molecule has 2 aromatic rings. The third-order valence-electron chi connectivity index (χ3n) is 4.14. The number of pyridine rings is 1. The molecule has 150 valence electrons. The molecule has 0 radical (unpaired) electrons. The summed E-state index contributed by atoms with van der Waals surface area (Å²) in [5, 5.41) is 10.6. The van der Waals surface area contributed by atoms with Gasteiger partial charge in [-0.15, -0.1) is 0 Å². The molecule has 9 nitrogen and oxygen atoms in total. The number of halogens is 2. The molecule has 1 saturated carbocycles. The van der Waals surface area contributed by atoms with Gasteiger partial charge in [0.25, 0.3) is 5.69 Å². The molecule has 12 heteroatoms. The van der Waals surface area contributed by atoms with Crippen molar-refractivity contribution in [2.45, 2.75) is 30.2 Å². The summed E-state index contributed by atoms with van der Waals surface area (Å²) >= 11 is 12.0. The van der Waals surface area contributed by atoms with Gasteiger partial charge in [-0.25, -0.2) is 18.1 Å². The van der Waals surface area contributed by atoms with Crippen molar-refractivity contribution in [3.63, 3.8) is 0 Å². The van der Waals surface area contributed by atoms with Gasteiger partial charge < -0.3 is 9.47 Å². The number of nitro groups is 1. The van der Waals surface area contributed by atoms with Crippen LogP contribution in [0.5, 0.6) is 17.4 Å². The Morgan fingerprint density at radius 2 is 1.89 bits per heavy atom. The van der Waals surface area contributed by atoms with Gasteiger partial charge in [-0.2, -0.15) is 0 Å². The summed E-state index contributed by atoms with van der Waals surface area (Å²) in [6.07, 6.45) is 3.69. The van der Waals surface area contributed by atoms with Crippen LogP contribution in [-0.2, 0) is 10.0 Å². The minimum absolute atomic E-state index is 0.0417. The van der Waals surface area contributed by atoms with Gasteiger partial charge in [0.15, 0.2) is 11.5 Å². The summed E-state index contributed by atoms with van der Waals surface area (Å²) in [4.78, 5) is 14.0. The van der Waals surface area contributed by atoms with Crippen molar-refractivity contribution >= 4 is 38.9 Å². The molecule has 1 aliphatic rings. The molecular weight excluding hydrogens is 433 g/mol. The van der Waals surface area contributed by atoms with Gasteiger partial charge in [0.05, 0.1) is 28.3 Å². The lowest BCUT2D eigenvalue weighted by Gasteiger charge is -2.26. The normalized spacial score (nSPS) is 14.4. The van der Waals surface area contributed by atoms with Crippen molar-refractivity contribution in [3.8, 4) is 17.4 Å². The van der Waals surface area contributed by atoms with Crippen LogP contribution in [0.1, 0.15) is 19.3 Å². The van der Waals surface area contributed by atoms with E-state index in [4.69, 9.17) is 32.7 Å². The van der Waals surface area contributed by atoms with Crippen LogP contribution in [0.15, 0.2) is 29.3 Å². The predicted molar refractivity (Wildman–Crippen MR) is 102 cm³/mol. The zero-order valence-electron chi connectivity index (χ0n) is 14.5. The Labute approximate surface area is 170 Å². The van der Waals surface area contributed by atoms with E-state index in [2.05, 4.69) is 9.71 Å². The number of sulfonamides is 1. The van der Waals surface area contributed by atoms with E-state index >= 15 is 0 Å². The third kappa shape index (κ3) is 4.30. The van der Waals surface area contributed by atoms with Gasteiger partial charge >= 0.3 is 0 Å². The molecule has 1 aliphatic carbocycles. The van der Waals surface area contributed by atoms with Crippen LogP contribution >= 0.6 is 23.2 Å². The van der Waals surface area contributed by atoms with E-state index < -0.39 is 14.9 Å². The second-order valence-corrected chi connectivity index (χ2v) is 8.52. The second kappa shape index (κ2) is 8.08. The summed E-state index contributed by atoms with van der Waals surface area (Å²) in [5.74, 6) is -0.158. The van der Waals surface area contributed by atoms with E-state index in [0.29, 0.717) is 0 Å². The highest BCUT2D eigenvalue weighted by molar-refractivity contribution is 7.89. The molecule has 0 amide bonds. The number of rotatable bonds is 7. The number of benzene rings is 1. The summed E-state index contributed by atoms with van der Waals surface area (Å²) in [7, 11) is -2.54. The molecule has 0 spiro atoms. The average Bonchev–Trinajstić information content (AvgIpc) is 2.61. The Morgan fingerprint density at radius 1 is 1.25 bits per heavy atom. The molecule has 28 heavy (non-hydrogen) atoms. The number of aromatic nitrogens is 1. The van der Waals surface area contributed by atoms with Crippen LogP contribution in [-0.4, -0.2) is 31.5 Å². The Kier molecular flexibility index (Phi) is 5.94. The molecule has 1 aromatic carbocycles. The molecular formula is C16H15Cl2N3O6S. The number of hydrogen-bond donors (Lipinski definition) is 1. The summed E-state index contributed by atoms with van der Waals surface area (Å²) < 4.78 is 38.5. The minimum Gasteiger partial charge on any atom is -0.494 e. The van der Waals surface area contributed by atoms with Crippen molar-refractivity contribution in [1.29, 1.82) is 0 Å². The lowest BCUT2D eigenvalue weighted by Crippen LogP contribution is -2.39. The quantitative estimate of drug-likeness (QED) is 0.503. The largest absolute Gasteiger partial charge is 0.494 e. The molecule has 3 rings (SSSR count). The molecule has 1 N–H and O–H groups in total.